The molecule has 2 rings (SSSR count). The van der Waals surface area contributed by atoms with E-state index in [1.165, 1.54) is 25.7 Å². The molecule has 4 heteroatoms. The average molecular weight is 290 g/mol. The monoisotopic (exact) mass is 290 g/mol. The van der Waals surface area contributed by atoms with E-state index in [-0.39, 0.29) is 5.54 Å². The smallest absolute Gasteiger partial charge is 0.147 e. The summed E-state index contributed by atoms with van der Waals surface area (Å²) >= 11 is 0. The minimum atomic E-state index is 0.111. The summed E-state index contributed by atoms with van der Waals surface area (Å²) in [6.45, 7) is 11.8. The molecule has 1 aliphatic heterocycles. The van der Waals surface area contributed by atoms with Gasteiger partial charge in [-0.15, -0.1) is 0 Å². The van der Waals surface area contributed by atoms with Crippen molar-refractivity contribution in [1.29, 1.82) is 0 Å². The fraction of sp³-hybridized carbons (Fsp3) is 0.765. The normalized spacial score (nSPS) is 20.4. The second-order valence-electron chi connectivity index (χ2n) is 7.16. The van der Waals surface area contributed by atoms with Crippen molar-refractivity contribution in [2.24, 2.45) is 5.92 Å². The predicted molar refractivity (Wildman–Crippen MR) is 88.5 cm³/mol. The molecule has 118 valence electrons. The zero-order valence-electron chi connectivity index (χ0n) is 14.0. The van der Waals surface area contributed by atoms with E-state index >= 15 is 0 Å². The molecule has 4 nitrogen and oxygen atoms in total. The van der Waals surface area contributed by atoms with Gasteiger partial charge < -0.3 is 10.2 Å². The molecular formula is C17H30N4. The summed E-state index contributed by atoms with van der Waals surface area (Å²) in [4.78, 5) is 11.6. The molecule has 1 aromatic heterocycles. The van der Waals surface area contributed by atoms with Crippen LogP contribution in [-0.2, 0) is 6.54 Å². The molecule has 2 heterocycles. The summed E-state index contributed by atoms with van der Waals surface area (Å²) in [6.07, 6.45) is 9.06. The van der Waals surface area contributed by atoms with Crippen molar-refractivity contribution in [3.63, 3.8) is 0 Å². The van der Waals surface area contributed by atoms with Crippen LogP contribution < -0.4 is 10.2 Å². The second-order valence-corrected chi connectivity index (χ2v) is 7.16. The van der Waals surface area contributed by atoms with Crippen LogP contribution >= 0.6 is 0 Å². The first-order valence-corrected chi connectivity index (χ1v) is 8.29. The van der Waals surface area contributed by atoms with Crippen molar-refractivity contribution in [3.8, 4) is 0 Å². The Balaban J connectivity index is 1.92. The highest BCUT2D eigenvalue weighted by molar-refractivity contribution is 5.35. The van der Waals surface area contributed by atoms with E-state index in [9.17, 15) is 0 Å². The maximum Gasteiger partial charge on any atom is 0.147 e. The lowest BCUT2D eigenvalue weighted by Crippen LogP contribution is -2.35. The van der Waals surface area contributed by atoms with Crippen LogP contribution in [0, 0.1) is 5.92 Å². The van der Waals surface area contributed by atoms with Gasteiger partial charge >= 0.3 is 0 Å². The van der Waals surface area contributed by atoms with Crippen molar-refractivity contribution in [2.45, 2.75) is 65.5 Å². The van der Waals surface area contributed by atoms with Gasteiger partial charge in [0.25, 0.3) is 0 Å². The molecule has 1 fully saturated rings. The first kappa shape index (κ1) is 16.2. The van der Waals surface area contributed by atoms with Gasteiger partial charge in [0.2, 0.25) is 0 Å². The molecule has 0 amide bonds. The van der Waals surface area contributed by atoms with Crippen LogP contribution in [0.3, 0.4) is 0 Å². The molecule has 1 aliphatic rings. The van der Waals surface area contributed by atoms with Gasteiger partial charge in [0, 0.05) is 25.2 Å². The number of anilines is 1. The van der Waals surface area contributed by atoms with Gasteiger partial charge in [-0.05, 0) is 46.0 Å². The van der Waals surface area contributed by atoms with Gasteiger partial charge in [-0.1, -0.05) is 13.3 Å². The van der Waals surface area contributed by atoms with Gasteiger partial charge in [-0.2, -0.15) is 0 Å². The van der Waals surface area contributed by atoms with Gasteiger partial charge in [-0.25, -0.2) is 4.98 Å². The summed E-state index contributed by atoms with van der Waals surface area (Å²) < 4.78 is 0. The lowest BCUT2D eigenvalue weighted by molar-refractivity contribution is 0.421. The van der Waals surface area contributed by atoms with Gasteiger partial charge in [0.05, 0.1) is 18.1 Å². The molecule has 1 atom stereocenters. The fourth-order valence-electron chi connectivity index (χ4n) is 2.76. The molecule has 0 aromatic carbocycles. The standard InChI is InChI=1S/C17H30N4/c1-5-14-7-6-9-21(10-8-14)16-13-18-15(11-19-16)12-20-17(2,3)4/h11,13-14,20H,5-10,12H2,1-4H3. The molecule has 21 heavy (non-hydrogen) atoms. The second kappa shape index (κ2) is 7.21. The third kappa shape index (κ3) is 5.27. The maximum absolute atomic E-state index is 4.62. The Morgan fingerprint density at radius 3 is 2.62 bits per heavy atom. The Hall–Kier alpha value is -1.16. The number of nitrogens with zero attached hydrogens (tertiary/aromatic N) is 3. The van der Waals surface area contributed by atoms with Crippen LogP contribution in [-0.4, -0.2) is 28.6 Å². The Kier molecular flexibility index (Phi) is 5.57. The van der Waals surface area contributed by atoms with Crippen molar-refractivity contribution >= 4 is 5.82 Å². The van der Waals surface area contributed by atoms with Crippen molar-refractivity contribution in [1.82, 2.24) is 15.3 Å². The third-order valence-electron chi connectivity index (χ3n) is 4.24. The van der Waals surface area contributed by atoms with Crippen molar-refractivity contribution in [2.75, 3.05) is 18.0 Å². The summed E-state index contributed by atoms with van der Waals surface area (Å²) in [5.74, 6) is 1.92. The highest BCUT2D eigenvalue weighted by Gasteiger charge is 2.17. The molecule has 1 unspecified atom stereocenters. The Morgan fingerprint density at radius 1 is 1.19 bits per heavy atom. The van der Waals surface area contributed by atoms with Gasteiger partial charge in [-0.3, -0.25) is 4.98 Å². The van der Waals surface area contributed by atoms with E-state index < -0.39 is 0 Å². The molecule has 0 spiro atoms. The average Bonchev–Trinajstić information content (AvgIpc) is 2.70. The first-order valence-electron chi connectivity index (χ1n) is 8.29. The minimum Gasteiger partial charge on any atom is -0.355 e. The van der Waals surface area contributed by atoms with Gasteiger partial charge in [0.15, 0.2) is 0 Å². The van der Waals surface area contributed by atoms with E-state index in [0.29, 0.717) is 0 Å². The molecule has 0 radical (unpaired) electrons. The fourth-order valence-corrected chi connectivity index (χ4v) is 2.76. The summed E-state index contributed by atoms with van der Waals surface area (Å²) in [7, 11) is 0. The zero-order chi connectivity index (χ0) is 15.3. The van der Waals surface area contributed by atoms with Crippen LogP contribution in [0.4, 0.5) is 5.82 Å². The lowest BCUT2D eigenvalue weighted by Gasteiger charge is -2.22. The summed E-state index contributed by atoms with van der Waals surface area (Å²) in [5.41, 5.74) is 1.12. The SMILES string of the molecule is CCC1CCCN(c2cnc(CNC(C)(C)C)cn2)CC1. The number of hydrogen-bond donors (Lipinski definition) is 1. The molecule has 1 saturated heterocycles. The number of nitrogens with one attached hydrogen (secondary N) is 1. The van der Waals surface area contributed by atoms with E-state index in [1.807, 2.05) is 12.4 Å². The predicted octanol–water partition coefficient (Wildman–Crippen LogP) is 3.38. The third-order valence-corrected chi connectivity index (χ3v) is 4.24. The minimum absolute atomic E-state index is 0.111. The van der Waals surface area contributed by atoms with Crippen molar-refractivity contribution < 1.29 is 0 Å². The van der Waals surface area contributed by atoms with E-state index in [4.69, 9.17) is 0 Å². The van der Waals surface area contributed by atoms with E-state index in [2.05, 4.69) is 47.9 Å². The summed E-state index contributed by atoms with van der Waals surface area (Å²) in [6, 6.07) is 0. The van der Waals surface area contributed by atoms with E-state index in [0.717, 1.165) is 37.1 Å². The molecular weight excluding hydrogens is 260 g/mol. The lowest BCUT2D eigenvalue weighted by atomic mass is 9.98. The summed E-state index contributed by atoms with van der Waals surface area (Å²) in [5, 5.41) is 3.44. The van der Waals surface area contributed by atoms with Crippen LogP contribution in [0.2, 0.25) is 0 Å². The molecule has 0 saturated carbocycles. The van der Waals surface area contributed by atoms with Crippen molar-refractivity contribution in [3.05, 3.63) is 18.1 Å². The van der Waals surface area contributed by atoms with Crippen LogP contribution in [0.25, 0.3) is 0 Å². The Bertz CT molecular complexity index is 421. The highest BCUT2D eigenvalue weighted by atomic mass is 15.2. The number of hydrogen-bond acceptors (Lipinski definition) is 4. The van der Waals surface area contributed by atoms with Gasteiger partial charge in [0.1, 0.15) is 5.82 Å². The maximum atomic E-state index is 4.62. The van der Waals surface area contributed by atoms with Crippen LogP contribution in [0.15, 0.2) is 12.4 Å². The van der Waals surface area contributed by atoms with Crippen LogP contribution in [0.1, 0.15) is 59.1 Å². The molecule has 0 aliphatic carbocycles. The quantitative estimate of drug-likeness (QED) is 0.923. The van der Waals surface area contributed by atoms with Crippen LogP contribution in [0.5, 0.6) is 0 Å². The first-order chi connectivity index (χ1) is 9.98. The number of rotatable bonds is 4. The van der Waals surface area contributed by atoms with E-state index in [1.54, 1.807) is 0 Å². The largest absolute Gasteiger partial charge is 0.355 e. The Morgan fingerprint density at radius 2 is 2.00 bits per heavy atom. The molecule has 1 N–H and O–H groups in total. The molecule has 0 bridgehead atoms. The Labute approximate surface area is 129 Å². The number of aromatic nitrogens is 2. The highest BCUT2D eigenvalue weighted by Crippen LogP contribution is 2.22. The zero-order valence-corrected chi connectivity index (χ0v) is 14.0. The molecule has 1 aromatic rings. The topological polar surface area (TPSA) is 41.1 Å².